The SMILES string of the molecule is [CH+]1CCCC2=C1CCC2.c1ccc([B-](c2ccccc2)(c2ccccc2)c2ccccc2)cc1. The average Bonchev–Trinajstić information content (AvgIpc) is 3.41. The molecule has 0 amide bonds. The van der Waals surface area contributed by atoms with Gasteiger partial charge in [0, 0.05) is 32.1 Å². The Morgan fingerprint density at radius 1 is 0.441 bits per heavy atom. The van der Waals surface area contributed by atoms with Gasteiger partial charge in [-0.15, -0.1) is 0 Å². The van der Waals surface area contributed by atoms with Crippen LogP contribution in [0.5, 0.6) is 0 Å². The van der Waals surface area contributed by atoms with E-state index in [0.717, 1.165) is 0 Å². The van der Waals surface area contributed by atoms with Crippen LogP contribution < -0.4 is 21.9 Å². The van der Waals surface area contributed by atoms with Crippen molar-refractivity contribution in [3.05, 3.63) is 139 Å². The fourth-order valence-corrected chi connectivity index (χ4v) is 6.07. The topological polar surface area (TPSA) is 0 Å². The molecule has 0 bridgehead atoms. The molecule has 1 heteroatoms. The van der Waals surface area contributed by atoms with Crippen LogP contribution in [-0.4, -0.2) is 6.15 Å². The zero-order valence-corrected chi connectivity index (χ0v) is 19.9. The fraction of sp³-hybridized carbons (Fsp3) is 0.182. The Morgan fingerprint density at radius 2 is 0.824 bits per heavy atom. The highest BCUT2D eigenvalue weighted by atomic mass is 14.2. The molecule has 0 aliphatic heterocycles. The Bertz CT molecular complexity index is 1020. The van der Waals surface area contributed by atoms with E-state index in [0.29, 0.717) is 0 Å². The standard InChI is InChI=1S/C24H20B.C9H13/c1-5-13-21(14-6-1)25(22-15-7-2-8-16-22,23-17-9-3-10-18-23)24-19-11-4-12-20-24;1-2-5-9-7-3-6-8(9)4-1/h1-20H;4H,1-3,5-7H2/q-1;+1. The van der Waals surface area contributed by atoms with E-state index in [2.05, 4.69) is 128 Å². The lowest BCUT2D eigenvalue weighted by molar-refractivity contribution is 0.753. The molecule has 0 radical (unpaired) electrons. The van der Waals surface area contributed by atoms with Crippen molar-refractivity contribution in [2.45, 2.75) is 38.5 Å². The highest BCUT2D eigenvalue weighted by Gasteiger charge is 2.31. The molecule has 2 aliphatic carbocycles. The number of benzene rings is 4. The molecule has 4 aromatic rings. The molecule has 34 heavy (non-hydrogen) atoms. The van der Waals surface area contributed by atoms with Gasteiger partial charge in [0.05, 0.1) is 5.57 Å². The molecule has 0 N–H and O–H groups in total. The summed E-state index contributed by atoms with van der Waals surface area (Å²) < 4.78 is 0. The van der Waals surface area contributed by atoms with Crippen molar-refractivity contribution in [3.63, 3.8) is 0 Å². The maximum atomic E-state index is 2.45. The normalized spacial score (nSPS) is 15.1. The molecular formula is C33H33B. The first-order valence-electron chi connectivity index (χ1n) is 12.8. The third kappa shape index (κ3) is 4.48. The quantitative estimate of drug-likeness (QED) is 0.273. The Balaban J connectivity index is 0.000000222. The van der Waals surface area contributed by atoms with Crippen molar-refractivity contribution in [3.8, 4) is 0 Å². The van der Waals surface area contributed by atoms with Crippen LogP contribution in [-0.2, 0) is 0 Å². The Kier molecular flexibility index (Phi) is 7.01. The van der Waals surface area contributed by atoms with Crippen LogP contribution in [0.3, 0.4) is 0 Å². The van der Waals surface area contributed by atoms with Gasteiger partial charge < -0.3 is 0 Å². The number of hydrogen-bond donors (Lipinski definition) is 0. The van der Waals surface area contributed by atoms with E-state index in [1.54, 1.807) is 11.1 Å². The predicted octanol–water partition coefficient (Wildman–Crippen LogP) is 5.92. The van der Waals surface area contributed by atoms with Gasteiger partial charge in [-0.05, 0) is 12.8 Å². The van der Waals surface area contributed by atoms with Crippen LogP contribution in [0.1, 0.15) is 38.5 Å². The Hall–Kier alpha value is -3.45. The molecule has 0 saturated carbocycles. The van der Waals surface area contributed by atoms with Crippen LogP contribution >= 0.6 is 0 Å². The van der Waals surface area contributed by atoms with Crippen molar-refractivity contribution < 1.29 is 0 Å². The maximum absolute atomic E-state index is 2.45. The predicted molar refractivity (Wildman–Crippen MR) is 149 cm³/mol. The van der Waals surface area contributed by atoms with Gasteiger partial charge in [-0.2, -0.15) is 21.9 Å². The van der Waals surface area contributed by atoms with E-state index in [1.165, 1.54) is 60.4 Å². The zero-order chi connectivity index (χ0) is 23.1. The fourth-order valence-electron chi connectivity index (χ4n) is 6.07. The average molecular weight is 440 g/mol. The molecule has 0 spiro atoms. The van der Waals surface area contributed by atoms with Gasteiger partial charge in [0.25, 0.3) is 0 Å². The first kappa shape index (κ1) is 22.4. The van der Waals surface area contributed by atoms with Crippen molar-refractivity contribution in [2.24, 2.45) is 0 Å². The molecule has 6 rings (SSSR count). The van der Waals surface area contributed by atoms with E-state index >= 15 is 0 Å². The largest absolute Gasteiger partial charge is 0.195 e. The van der Waals surface area contributed by atoms with Gasteiger partial charge in [-0.1, -0.05) is 121 Å². The maximum Gasteiger partial charge on any atom is 0.108 e. The molecule has 0 nitrogen and oxygen atoms in total. The smallest absolute Gasteiger partial charge is 0.108 e. The minimum Gasteiger partial charge on any atom is -0.195 e. The third-order valence-corrected chi connectivity index (χ3v) is 7.65. The highest BCUT2D eigenvalue weighted by Crippen LogP contribution is 2.35. The molecule has 0 heterocycles. The first-order chi connectivity index (χ1) is 16.9. The van der Waals surface area contributed by atoms with Gasteiger partial charge in [0.15, 0.2) is 0 Å². The molecule has 0 fully saturated rings. The monoisotopic (exact) mass is 440 g/mol. The molecule has 0 atom stereocenters. The summed E-state index contributed by atoms with van der Waals surface area (Å²) in [5.74, 6) is 0. The zero-order valence-electron chi connectivity index (χ0n) is 19.9. The summed E-state index contributed by atoms with van der Waals surface area (Å²) in [6, 6.07) is 43.5. The Labute approximate surface area is 205 Å². The molecule has 2 aliphatic rings. The minimum absolute atomic E-state index is 1.22. The number of rotatable bonds is 4. The van der Waals surface area contributed by atoms with Crippen LogP contribution in [0.25, 0.3) is 0 Å². The summed E-state index contributed by atoms with van der Waals surface area (Å²) in [6.45, 7) is 0. The van der Waals surface area contributed by atoms with Gasteiger partial charge >= 0.3 is 0 Å². The summed E-state index contributed by atoms with van der Waals surface area (Å²) >= 11 is 0. The van der Waals surface area contributed by atoms with Crippen LogP contribution in [0.2, 0.25) is 0 Å². The third-order valence-electron chi connectivity index (χ3n) is 7.65. The summed E-state index contributed by atoms with van der Waals surface area (Å²) in [4.78, 5) is 0. The molecule has 4 aromatic carbocycles. The second-order valence-electron chi connectivity index (χ2n) is 9.59. The van der Waals surface area contributed by atoms with Gasteiger partial charge in [-0.3, -0.25) is 0 Å². The summed E-state index contributed by atoms with van der Waals surface area (Å²) in [7, 11) is 0. The lowest BCUT2D eigenvalue weighted by Gasteiger charge is -2.44. The summed E-state index contributed by atoms with van der Waals surface area (Å²) in [6.07, 6.45) is 9.63. The molecule has 0 aromatic heterocycles. The number of allylic oxidation sites excluding steroid dienone is 2. The van der Waals surface area contributed by atoms with E-state index in [9.17, 15) is 0 Å². The van der Waals surface area contributed by atoms with Crippen molar-refractivity contribution in [2.75, 3.05) is 0 Å². The highest BCUT2D eigenvalue weighted by molar-refractivity contribution is 7.19. The molecular weight excluding hydrogens is 407 g/mol. The number of hydrogen-bond acceptors (Lipinski definition) is 0. The first-order valence-corrected chi connectivity index (χ1v) is 12.8. The summed E-state index contributed by atoms with van der Waals surface area (Å²) in [5, 5.41) is 0. The molecule has 0 unspecified atom stereocenters. The van der Waals surface area contributed by atoms with E-state index < -0.39 is 6.15 Å². The van der Waals surface area contributed by atoms with E-state index in [1.807, 2.05) is 0 Å². The van der Waals surface area contributed by atoms with Crippen LogP contribution in [0.15, 0.2) is 132 Å². The van der Waals surface area contributed by atoms with Crippen LogP contribution in [0.4, 0.5) is 0 Å². The van der Waals surface area contributed by atoms with E-state index in [-0.39, 0.29) is 0 Å². The minimum atomic E-state index is -1.22. The van der Waals surface area contributed by atoms with Crippen molar-refractivity contribution >= 4 is 28.0 Å². The van der Waals surface area contributed by atoms with Crippen LogP contribution in [0, 0.1) is 6.42 Å². The van der Waals surface area contributed by atoms with E-state index in [4.69, 9.17) is 0 Å². The second-order valence-corrected chi connectivity index (χ2v) is 9.59. The molecule has 0 saturated heterocycles. The lowest BCUT2D eigenvalue weighted by Crippen LogP contribution is -2.74. The second kappa shape index (κ2) is 10.7. The van der Waals surface area contributed by atoms with Crippen molar-refractivity contribution in [1.82, 2.24) is 0 Å². The van der Waals surface area contributed by atoms with Gasteiger partial charge in [0.1, 0.15) is 11.7 Å². The lowest BCUT2D eigenvalue weighted by atomic mass is 9.13. The summed E-state index contributed by atoms with van der Waals surface area (Å²) in [5.41, 5.74) is 8.84. The van der Waals surface area contributed by atoms with Gasteiger partial charge in [-0.25, -0.2) is 0 Å². The van der Waals surface area contributed by atoms with Crippen molar-refractivity contribution in [1.29, 1.82) is 0 Å². The molecule has 168 valence electrons. The van der Waals surface area contributed by atoms with Gasteiger partial charge in [0.2, 0.25) is 0 Å². The Morgan fingerprint density at radius 3 is 1.21 bits per heavy atom.